The molecule has 0 bridgehead atoms. The first kappa shape index (κ1) is 23.3. The van der Waals surface area contributed by atoms with Gasteiger partial charge >= 0.3 is 0 Å². The Kier molecular flexibility index (Phi) is 6.03. The van der Waals surface area contributed by atoms with Gasteiger partial charge in [0.1, 0.15) is 5.76 Å². The van der Waals surface area contributed by atoms with Crippen LogP contribution in [-0.2, 0) is 16.0 Å². The molecule has 2 N–H and O–H groups in total. The van der Waals surface area contributed by atoms with Crippen LogP contribution in [0.2, 0.25) is 5.02 Å². The molecule has 0 saturated carbocycles. The summed E-state index contributed by atoms with van der Waals surface area (Å²) in [6, 6.07) is 18.8. The van der Waals surface area contributed by atoms with Crippen LogP contribution in [-0.4, -0.2) is 38.1 Å². The molecule has 1 aromatic heterocycles. The average Bonchev–Trinajstić information content (AvgIpc) is 3.41. The highest BCUT2D eigenvalue weighted by molar-refractivity contribution is 6.46. The second kappa shape index (κ2) is 9.31. The van der Waals surface area contributed by atoms with Crippen molar-refractivity contribution in [1.29, 1.82) is 0 Å². The first-order chi connectivity index (χ1) is 17.3. The summed E-state index contributed by atoms with van der Waals surface area (Å²) in [6.45, 7) is 0.200. The number of nitrogens with one attached hydrogen (secondary N) is 1. The first-order valence-corrected chi connectivity index (χ1v) is 11.6. The number of hydrogen-bond donors (Lipinski definition) is 2. The number of aliphatic hydroxyl groups is 1. The lowest BCUT2D eigenvalue weighted by Gasteiger charge is -2.25. The zero-order valence-corrected chi connectivity index (χ0v) is 19.6. The first-order valence-electron chi connectivity index (χ1n) is 11.2. The number of para-hydroxylation sites is 1. The van der Waals surface area contributed by atoms with E-state index in [0.29, 0.717) is 22.6 Å². The van der Waals surface area contributed by atoms with Crippen molar-refractivity contribution in [3.63, 3.8) is 0 Å². The maximum absolute atomic E-state index is 13.2. The topological polar surface area (TPSA) is 117 Å². The predicted octanol–water partition coefficient (Wildman–Crippen LogP) is 5.39. The number of non-ortho nitro benzene ring substituents is 1. The van der Waals surface area contributed by atoms with E-state index in [2.05, 4.69) is 4.98 Å². The van der Waals surface area contributed by atoms with E-state index >= 15 is 0 Å². The summed E-state index contributed by atoms with van der Waals surface area (Å²) in [6.07, 6.45) is 2.33. The number of aliphatic hydroxyl groups excluding tert-OH is 1. The molecule has 8 nitrogen and oxygen atoms in total. The van der Waals surface area contributed by atoms with Gasteiger partial charge in [0.25, 0.3) is 17.4 Å². The van der Waals surface area contributed by atoms with E-state index in [4.69, 9.17) is 11.6 Å². The lowest BCUT2D eigenvalue weighted by molar-refractivity contribution is -0.384. The Balaban J connectivity index is 1.57. The van der Waals surface area contributed by atoms with Gasteiger partial charge in [-0.1, -0.05) is 29.8 Å². The number of amides is 1. The summed E-state index contributed by atoms with van der Waals surface area (Å²) >= 11 is 5.96. The number of halogens is 1. The smallest absolute Gasteiger partial charge is 0.295 e. The maximum atomic E-state index is 13.2. The predicted molar refractivity (Wildman–Crippen MR) is 136 cm³/mol. The highest BCUT2D eigenvalue weighted by Crippen LogP contribution is 2.40. The van der Waals surface area contributed by atoms with Gasteiger partial charge in [-0.25, -0.2) is 0 Å². The van der Waals surface area contributed by atoms with Crippen molar-refractivity contribution in [3.05, 3.63) is 116 Å². The van der Waals surface area contributed by atoms with Gasteiger partial charge in [0.15, 0.2) is 0 Å². The molecule has 3 aromatic carbocycles. The number of carbonyl (C=O) groups excluding carboxylic acids is 2. The number of H-pyrrole nitrogens is 1. The Labute approximate surface area is 210 Å². The number of nitro groups is 1. The molecule has 1 saturated heterocycles. The Morgan fingerprint density at radius 1 is 1.03 bits per heavy atom. The Bertz CT molecular complexity index is 1520. The number of likely N-dealkylation sites (tertiary alicyclic amines) is 1. The van der Waals surface area contributed by atoms with Crippen LogP contribution < -0.4 is 0 Å². The number of nitrogens with zero attached hydrogens (tertiary/aromatic N) is 2. The molecule has 4 aromatic rings. The summed E-state index contributed by atoms with van der Waals surface area (Å²) < 4.78 is 0. The Hall–Kier alpha value is -4.43. The molecular weight excluding hydrogens is 482 g/mol. The molecule has 2 heterocycles. The van der Waals surface area contributed by atoms with Gasteiger partial charge in [0.2, 0.25) is 0 Å². The lowest BCUT2D eigenvalue weighted by Crippen LogP contribution is -2.31. The summed E-state index contributed by atoms with van der Waals surface area (Å²) in [5.41, 5.74) is 2.56. The molecule has 1 fully saturated rings. The summed E-state index contributed by atoms with van der Waals surface area (Å²) in [7, 11) is 0. The third-order valence-corrected chi connectivity index (χ3v) is 6.63. The number of aromatic nitrogens is 1. The van der Waals surface area contributed by atoms with E-state index in [-0.39, 0.29) is 23.6 Å². The molecule has 36 heavy (non-hydrogen) atoms. The number of Topliss-reactive ketones (excluding diaryl/α,β-unsaturated/α-hetero) is 1. The van der Waals surface area contributed by atoms with Crippen molar-refractivity contribution < 1.29 is 19.6 Å². The molecule has 1 aliphatic rings. The standard InChI is InChI=1S/C27H20ClN3O5/c28-19-9-5-17(6-10-19)25(32)23-24(16-7-11-20(12-8-16)31(35)36)30(27(34)26(23)33)14-13-18-15-29-22-4-2-1-3-21(18)22/h1-12,15,24,29,32H,13-14H2/t24-/m1/s1. The van der Waals surface area contributed by atoms with Crippen molar-refractivity contribution in [3.8, 4) is 0 Å². The molecule has 1 amide bonds. The van der Waals surface area contributed by atoms with Gasteiger partial charge in [-0.05, 0) is 60.0 Å². The SMILES string of the molecule is O=C1C(=O)N(CCc2c[nH]c3ccccc23)[C@H](c2ccc([N+](=O)[O-])cc2)C1=C(O)c1ccc(Cl)cc1. The molecule has 0 unspecified atom stereocenters. The molecule has 180 valence electrons. The highest BCUT2D eigenvalue weighted by atomic mass is 35.5. The molecule has 0 spiro atoms. The third-order valence-electron chi connectivity index (χ3n) is 6.37. The third kappa shape index (κ3) is 4.12. The van der Waals surface area contributed by atoms with Crippen molar-refractivity contribution in [1.82, 2.24) is 9.88 Å². The quantitative estimate of drug-likeness (QED) is 0.121. The van der Waals surface area contributed by atoms with E-state index in [0.717, 1.165) is 16.5 Å². The van der Waals surface area contributed by atoms with Crippen LogP contribution in [0.1, 0.15) is 22.7 Å². The number of carbonyl (C=O) groups is 2. The van der Waals surface area contributed by atoms with E-state index in [9.17, 15) is 24.8 Å². The van der Waals surface area contributed by atoms with Crippen molar-refractivity contribution in [2.24, 2.45) is 0 Å². The Morgan fingerprint density at radius 2 is 1.72 bits per heavy atom. The van der Waals surface area contributed by atoms with E-state index < -0.39 is 22.7 Å². The van der Waals surface area contributed by atoms with Gasteiger partial charge in [-0.2, -0.15) is 0 Å². The van der Waals surface area contributed by atoms with Crippen molar-refractivity contribution >= 4 is 45.6 Å². The minimum Gasteiger partial charge on any atom is -0.507 e. The van der Waals surface area contributed by atoms with Crippen LogP contribution in [0.4, 0.5) is 5.69 Å². The monoisotopic (exact) mass is 501 g/mol. The summed E-state index contributed by atoms with van der Waals surface area (Å²) in [5, 5.41) is 23.7. The molecule has 0 radical (unpaired) electrons. The van der Waals surface area contributed by atoms with Gasteiger partial charge < -0.3 is 15.0 Å². The lowest BCUT2D eigenvalue weighted by atomic mass is 9.95. The number of hydrogen-bond acceptors (Lipinski definition) is 5. The molecular formula is C27H20ClN3O5. The van der Waals surface area contributed by atoms with Gasteiger partial charge in [0.05, 0.1) is 16.5 Å². The van der Waals surface area contributed by atoms with Crippen molar-refractivity contribution in [2.75, 3.05) is 6.54 Å². The fraction of sp³-hybridized carbons (Fsp3) is 0.111. The fourth-order valence-electron chi connectivity index (χ4n) is 4.58. The van der Waals surface area contributed by atoms with Crippen LogP contribution in [0.5, 0.6) is 0 Å². The average molecular weight is 502 g/mol. The van der Waals surface area contributed by atoms with Crippen molar-refractivity contribution in [2.45, 2.75) is 12.5 Å². The van der Waals surface area contributed by atoms with Gasteiger partial charge in [-0.3, -0.25) is 19.7 Å². The number of nitro benzene ring substituents is 1. The van der Waals surface area contributed by atoms with Crippen LogP contribution in [0.25, 0.3) is 16.7 Å². The number of fused-ring (bicyclic) bond motifs is 1. The van der Waals surface area contributed by atoms with Crippen LogP contribution in [0.15, 0.2) is 84.6 Å². The zero-order chi connectivity index (χ0) is 25.4. The van der Waals surface area contributed by atoms with Crippen LogP contribution in [0, 0.1) is 10.1 Å². The zero-order valence-electron chi connectivity index (χ0n) is 18.8. The van der Waals surface area contributed by atoms with Gasteiger partial charge in [0, 0.05) is 46.4 Å². The number of rotatable bonds is 6. The number of benzene rings is 3. The summed E-state index contributed by atoms with van der Waals surface area (Å²) in [4.78, 5) is 41.6. The second-order valence-electron chi connectivity index (χ2n) is 8.46. The molecule has 5 rings (SSSR count). The van der Waals surface area contributed by atoms with E-state index in [1.54, 1.807) is 24.3 Å². The van der Waals surface area contributed by atoms with E-state index in [1.165, 1.54) is 29.2 Å². The highest BCUT2D eigenvalue weighted by Gasteiger charge is 2.46. The van der Waals surface area contributed by atoms with Crippen LogP contribution >= 0.6 is 11.6 Å². The number of ketones is 1. The fourth-order valence-corrected chi connectivity index (χ4v) is 4.70. The molecule has 0 aliphatic carbocycles. The van der Waals surface area contributed by atoms with Gasteiger partial charge in [-0.15, -0.1) is 0 Å². The Morgan fingerprint density at radius 3 is 2.42 bits per heavy atom. The largest absolute Gasteiger partial charge is 0.507 e. The minimum atomic E-state index is -0.910. The summed E-state index contributed by atoms with van der Waals surface area (Å²) in [5.74, 6) is -1.89. The number of aromatic amines is 1. The minimum absolute atomic E-state index is 0.0740. The maximum Gasteiger partial charge on any atom is 0.295 e. The van der Waals surface area contributed by atoms with E-state index in [1.807, 2.05) is 30.5 Å². The normalized spacial score (nSPS) is 17.1. The molecule has 1 aliphatic heterocycles. The molecule has 9 heteroatoms. The molecule has 1 atom stereocenters. The second-order valence-corrected chi connectivity index (χ2v) is 8.89. The van der Waals surface area contributed by atoms with Crippen LogP contribution in [0.3, 0.4) is 0 Å².